The van der Waals surface area contributed by atoms with Gasteiger partial charge in [0.05, 0.1) is 0 Å². The number of carboxylic acids is 1. The summed E-state index contributed by atoms with van der Waals surface area (Å²) in [4.78, 5) is 11.4. The van der Waals surface area contributed by atoms with Crippen LogP contribution in [0.3, 0.4) is 0 Å². The second kappa shape index (κ2) is 6.74. The Morgan fingerprint density at radius 2 is 2.08 bits per heavy atom. The highest BCUT2D eigenvalue weighted by Gasteiger charge is 2.46. The Morgan fingerprint density at radius 3 is 2.76 bits per heavy atom. The molecule has 0 bridgehead atoms. The van der Waals surface area contributed by atoms with Gasteiger partial charge in [-0.05, 0) is 57.2 Å². The Kier molecular flexibility index (Phi) is 4.81. The van der Waals surface area contributed by atoms with Crippen LogP contribution in [0.5, 0.6) is 11.5 Å². The molecule has 0 amide bonds. The van der Waals surface area contributed by atoms with Crippen molar-refractivity contribution in [3.05, 3.63) is 34.9 Å². The molecule has 2 aliphatic rings. The van der Waals surface area contributed by atoms with Crippen molar-refractivity contribution in [1.82, 2.24) is 0 Å². The highest BCUT2D eigenvalue weighted by Crippen LogP contribution is 2.54. The van der Waals surface area contributed by atoms with Crippen molar-refractivity contribution in [2.24, 2.45) is 5.92 Å². The number of benzene rings is 1. The van der Waals surface area contributed by atoms with E-state index in [2.05, 4.69) is 20.8 Å². The van der Waals surface area contributed by atoms with Crippen molar-refractivity contribution in [3.63, 3.8) is 0 Å². The number of hydrogen-bond acceptors (Lipinski definition) is 3. The number of carboxylic acid groups (broad SMARTS) is 1. The molecule has 1 aromatic rings. The maximum Gasteiger partial charge on any atom is 0.331 e. The monoisotopic (exact) mass is 344 g/mol. The number of rotatable bonds is 5. The summed E-state index contributed by atoms with van der Waals surface area (Å²) < 4.78 is 6.28. The summed E-state index contributed by atoms with van der Waals surface area (Å²) in [5, 5.41) is 20.1. The van der Waals surface area contributed by atoms with Gasteiger partial charge in [0.15, 0.2) is 0 Å². The Balaban J connectivity index is 1.97. The number of aliphatic carboxylic acids is 1. The van der Waals surface area contributed by atoms with E-state index < -0.39 is 5.97 Å². The van der Waals surface area contributed by atoms with E-state index in [1.165, 1.54) is 6.42 Å². The molecule has 1 aliphatic heterocycles. The zero-order chi connectivity index (χ0) is 18.2. The van der Waals surface area contributed by atoms with Gasteiger partial charge in [0.1, 0.15) is 17.1 Å². The Hall–Kier alpha value is -1.97. The molecule has 0 fully saturated rings. The third-order valence-electron chi connectivity index (χ3n) is 5.70. The molecule has 2 atom stereocenters. The van der Waals surface area contributed by atoms with Gasteiger partial charge in [0, 0.05) is 23.0 Å². The highest BCUT2D eigenvalue weighted by atomic mass is 16.5. The van der Waals surface area contributed by atoms with E-state index >= 15 is 0 Å². The van der Waals surface area contributed by atoms with E-state index in [4.69, 9.17) is 4.74 Å². The molecule has 4 nitrogen and oxygen atoms in total. The number of ether oxygens (including phenoxy) is 1. The number of allylic oxidation sites excluding steroid dienone is 1. The van der Waals surface area contributed by atoms with Crippen LogP contribution >= 0.6 is 0 Å². The smallest absolute Gasteiger partial charge is 0.331 e. The zero-order valence-electron chi connectivity index (χ0n) is 15.3. The van der Waals surface area contributed by atoms with Crippen LogP contribution in [0.4, 0.5) is 0 Å². The summed E-state index contributed by atoms with van der Waals surface area (Å²) in [6, 6.07) is 3.88. The predicted molar refractivity (Wildman–Crippen MR) is 97.2 cm³/mol. The van der Waals surface area contributed by atoms with Crippen molar-refractivity contribution < 1.29 is 19.7 Å². The second-order valence-electron chi connectivity index (χ2n) is 7.88. The van der Waals surface area contributed by atoms with Crippen LogP contribution in [0.1, 0.15) is 69.9 Å². The third-order valence-corrected chi connectivity index (χ3v) is 5.70. The maximum atomic E-state index is 11.4. The molecule has 2 N–H and O–H groups in total. The lowest BCUT2D eigenvalue weighted by Gasteiger charge is -2.46. The lowest BCUT2D eigenvalue weighted by Crippen LogP contribution is -2.45. The maximum absolute atomic E-state index is 11.4. The van der Waals surface area contributed by atoms with E-state index in [-0.39, 0.29) is 23.2 Å². The van der Waals surface area contributed by atoms with E-state index in [1.807, 2.05) is 18.2 Å². The van der Waals surface area contributed by atoms with Gasteiger partial charge < -0.3 is 14.9 Å². The van der Waals surface area contributed by atoms with Crippen molar-refractivity contribution >= 4 is 5.97 Å². The van der Waals surface area contributed by atoms with Crippen molar-refractivity contribution in [1.29, 1.82) is 0 Å². The summed E-state index contributed by atoms with van der Waals surface area (Å²) in [6.45, 7) is 6.30. The van der Waals surface area contributed by atoms with Gasteiger partial charge in [-0.1, -0.05) is 25.8 Å². The fraction of sp³-hybridized carbons (Fsp3) is 0.571. The van der Waals surface area contributed by atoms with Crippen LogP contribution < -0.4 is 4.74 Å². The van der Waals surface area contributed by atoms with Crippen molar-refractivity contribution in [2.45, 2.75) is 70.8 Å². The molecule has 136 valence electrons. The lowest BCUT2D eigenvalue weighted by molar-refractivity contribution is -0.133. The van der Waals surface area contributed by atoms with Gasteiger partial charge >= 0.3 is 5.97 Å². The average Bonchev–Trinajstić information content (AvgIpc) is 2.53. The standard InChI is InChI=1S/C21H28O4/c1-4-5-6-7-13-10-17(22)19-15-12-14(20(23)24)8-9-16(15)21(2,3)25-18(19)11-13/h8,10-11,15-16,22H,4-7,9,12H2,1-3H3,(H,23,24)/t15-,16-/m0/s1. The molecule has 0 radical (unpaired) electrons. The Morgan fingerprint density at radius 1 is 1.32 bits per heavy atom. The first-order valence-corrected chi connectivity index (χ1v) is 9.30. The topological polar surface area (TPSA) is 66.8 Å². The fourth-order valence-corrected chi connectivity index (χ4v) is 4.35. The summed E-state index contributed by atoms with van der Waals surface area (Å²) in [5.41, 5.74) is 1.93. The number of phenolic OH excluding ortho intramolecular Hbond substituents is 1. The summed E-state index contributed by atoms with van der Waals surface area (Å²) in [6.07, 6.45) is 7.27. The Bertz CT molecular complexity index is 702. The minimum absolute atomic E-state index is 0.0143. The molecule has 25 heavy (non-hydrogen) atoms. The van der Waals surface area contributed by atoms with Gasteiger partial charge in [-0.25, -0.2) is 4.79 Å². The molecule has 0 unspecified atom stereocenters. The van der Waals surface area contributed by atoms with Gasteiger partial charge in [-0.3, -0.25) is 0 Å². The van der Waals surface area contributed by atoms with E-state index in [1.54, 1.807) is 0 Å². The largest absolute Gasteiger partial charge is 0.508 e. The molecule has 1 heterocycles. The lowest BCUT2D eigenvalue weighted by atomic mass is 9.67. The van der Waals surface area contributed by atoms with Crippen LogP contribution in [0.25, 0.3) is 0 Å². The highest BCUT2D eigenvalue weighted by molar-refractivity contribution is 5.87. The number of phenols is 1. The van der Waals surface area contributed by atoms with E-state index in [9.17, 15) is 15.0 Å². The molecule has 0 saturated carbocycles. The van der Waals surface area contributed by atoms with Gasteiger partial charge in [0.2, 0.25) is 0 Å². The molecular weight excluding hydrogens is 316 g/mol. The molecular formula is C21H28O4. The summed E-state index contributed by atoms with van der Waals surface area (Å²) in [7, 11) is 0. The summed E-state index contributed by atoms with van der Waals surface area (Å²) >= 11 is 0. The quantitative estimate of drug-likeness (QED) is 0.753. The number of aromatic hydroxyl groups is 1. The second-order valence-corrected chi connectivity index (χ2v) is 7.88. The van der Waals surface area contributed by atoms with Crippen LogP contribution in [0, 0.1) is 5.92 Å². The van der Waals surface area contributed by atoms with Crippen LogP contribution in [0.15, 0.2) is 23.8 Å². The predicted octanol–water partition coefficient (Wildman–Crippen LogP) is 4.80. The van der Waals surface area contributed by atoms with E-state index in [0.717, 1.165) is 36.1 Å². The first kappa shape index (κ1) is 17.8. The van der Waals surface area contributed by atoms with Gasteiger partial charge in [-0.15, -0.1) is 0 Å². The molecule has 1 aliphatic carbocycles. The van der Waals surface area contributed by atoms with Crippen LogP contribution in [-0.4, -0.2) is 21.8 Å². The molecule has 4 heteroatoms. The molecule has 0 saturated heterocycles. The summed E-state index contributed by atoms with van der Waals surface area (Å²) in [5.74, 6) is 0.269. The number of hydrogen-bond donors (Lipinski definition) is 2. The van der Waals surface area contributed by atoms with Crippen molar-refractivity contribution in [2.75, 3.05) is 0 Å². The van der Waals surface area contributed by atoms with E-state index in [0.29, 0.717) is 18.4 Å². The molecule has 0 aromatic heterocycles. The fourth-order valence-electron chi connectivity index (χ4n) is 4.35. The van der Waals surface area contributed by atoms with Crippen molar-refractivity contribution in [3.8, 4) is 11.5 Å². The van der Waals surface area contributed by atoms with Gasteiger partial charge in [0.25, 0.3) is 0 Å². The molecule has 1 aromatic carbocycles. The molecule has 0 spiro atoms. The number of carbonyl (C=O) groups is 1. The first-order chi connectivity index (χ1) is 11.8. The number of fused-ring (bicyclic) bond motifs is 3. The SMILES string of the molecule is CCCCCc1cc(O)c2c(c1)OC(C)(C)[C@H]1CC=C(C(=O)O)C[C@H]21. The van der Waals surface area contributed by atoms with Crippen LogP contribution in [-0.2, 0) is 11.2 Å². The van der Waals surface area contributed by atoms with Crippen LogP contribution in [0.2, 0.25) is 0 Å². The Labute approximate surface area is 149 Å². The minimum atomic E-state index is -0.861. The zero-order valence-corrected chi connectivity index (χ0v) is 15.3. The number of unbranched alkanes of at least 4 members (excludes halogenated alkanes) is 2. The number of aryl methyl sites for hydroxylation is 1. The average molecular weight is 344 g/mol. The first-order valence-electron chi connectivity index (χ1n) is 9.30. The third kappa shape index (κ3) is 3.39. The normalized spacial score (nSPS) is 23.9. The van der Waals surface area contributed by atoms with Gasteiger partial charge in [-0.2, -0.15) is 0 Å². The minimum Gasteiger partial charge on any atom is -0.508 e. The molecule has 3 rings (SSSR count).